The normalized spacial score (nSPS) is 27.7. The van der Waals surface area contributed by atoms with Gasteiger partial charge in [-0.1, -0.05) is 12.1 Å². The number of amides is 2. The Morgan fingerprint density at radius 1 is 1.36 bits per heavy atom. The van der Waals surface area contributed by atoms with Gasteiger partial charge in [-0.05, 0) is 42.9 Å². The molecule has 4 nitrogen and oxygen atoms in total. The minimum atomic E-state index is -0.314. The number of hydrogen-bond donors (Lipinski definition) is 0. The van der Waals surface area contributed by atoms with E-state index in [1.165, 1.54) is 6.07 Å². The van der Waals surface area contributed by atoms with Crippen molar-refractivity contribution in [1.29, 1.82) is 0 Å². The van der Waals surface area contributed by atoms with Crippen LogP contribution in [0.25, 0.3) is 0 Å². The fourth-order valence-corrected chi connectivity index (χ4v) is 3.46. The molecule has 5 heteroatoms. The maximum Gasteiger partial charge on any atom is 0.245 e. The van der Waals surface area contributed by atoms with Crippen molar-refractivity contribution in [2.45, 2.75) is 31.2 Å². The lowest BCUT2D eigenvalue weighted by Gasteiger charge is -2.38. The van der Waals surface area contributed by atoms with Gasteiger partial charge < -0.3 is 9.80 Å². The number of benzene rings is 1. The molecule has 1 aliphatic carbocycles. The van der Waals surface area contributed by atoms with Crippen LogP contribution >= 0.6 is 0 Å². The Hall–Kier alpha value is -1.91. The zero-order chi connectivity index (χ0) is 15.9. The van der Waals surface area contributed by atoms with Gasteiger partial charge in [0.2, 0.25) is 11.8 Å². The monoisotopic (exact) mass is 304 g/mol. The molecule has 3 rings (SSSR count). The summed E-state index contributed by atoms with van der Waals surface area (Å²) >= 11 is 0. The third-order valence-corrected chi connectivity index (χ3v) is 5.02. The highest BCUT2D eigenvalue weighted by molar-refractivity contribution is 5.90. The van der Waals surface area contributed by atoms with Gasteiger partial charge in [0.15, 0.2) is 0 Å². The van der Waals surface area contributed by atoms with Gasteiger partial charge in [0.25, 0.3) is 0 Å². The summed E-state index contributed by atoms with van der Waals surface area (Å²) in [5, 5.41) is 0. The van der Waals surface area contributed by atoms with Gasteiger partial charge in [-0.2, -0.15) is 0 Å². The van der Waals surface area contributed by atoms with Crippen molar-refractivity contribution in [3.8, 4) is 0 Å². The number of rotatable bonds is 3. The van der Waals surface area contributed by atoms with Gasteiger partial charge in [0.05, 0.1) is 0 Å². The van der Waals surface area contributed by atoms with Crippen molar-refractivity contribution in [2.75, 3.05) is 20.6 Å². The van der Waals surface area contributed by atoms with Crippen LogP contribution in [0.2, 0.25) is 0 Å². The standard InChI is InChI=1S/C17H21FN2O2/c1-19-7-6-15(17(19)22)20(2)16(21)13-8-12(9-13)11-4-3-5-14(18)10-11/h3-5,10,12-13,15H,6-9H2,1-2H3. The number of hydrogen-bond acceptors (Lipinski definition) is 2. The van der Waals surface area contributed by atoms with Crippen molar-refractivity contribution < 1.29 is 14.0 Å². The number of carbonyl (C=O) groups is 2. The van der Waals surface area contributed by atoms with Gasteiger partial charge in [0.1, 0.15) is 11.9 Å². The van der Waals surface area contributed by atoms with Crippen molar-refractivity contribution in [3.63, 3.8) is 0 Å². The third-order valence-electron chi connectivity index (χ3n) is 5.02. The molecule has 0 N–H and O–H groups in total. The van der Waals surface area contributed by atoms with E-state index in [-0.39, 0.29) is 35.5 Å². The largest absolute Gasteiger partial charge is 0.344 e. The molecular weight excluding hydrogens is 283 g/mol. The number of likely N-dealkylation sites (tertiary alicyclic amines) is 1. The molecule has 1 heterocycles. The first-order chi connectivity index (χ1) is 10.5. The van der Waals surface area contributed by atoms with E-state index in [4.69, 9.17) is 0 Å². The first-order valence-electron chi connectivity index (χ1n) is 7.74. The molecule has 1 saturated carbocycles. The van der Waals surface area contributed by atoms with Crippen LogP contribution in [0.4, 0.5) is 4.39 Å². The molecule has 1 aromatic rings. The van der Waals surface area contributed by atoms with E-state index < -0.39 is 0 Å². The predicted octanol–water partition coefficient (Wildman–Crippen LogP) is 2.01. The lowest BCUT2D eigenvalue weighted by molar-refractivity contribution is -0.145. The lowest BCUT2D eigenvalue weighted by atomic mass is 9.70. The summed E-state index contributed by atoms with van der Waals surface area (Å²) in [5.41, 5.74) is 0.961. The Labute approximate surface area is 129 Å². The van der Waals surface area contributed by atoms with Crippen LogP contribution in [0.15, 0.2) is 24.3 Å². The molecule has 0 radical (unpaired) electrons. The van der Waals surface area contributed by atoms with Crippen LogP contribution in [0.1, 0.15) is 30.7 Å². The zero-order valence-corrected chi connectivity index (χ0v) is 13.0. The summed E-state index contributed by atoms with van der Waals surface area (Å²) in [6, 6.07) is 6.28. The second-order valence-electron chi connectivity index (χ2n) is 6.43. The van der Waals surface area contributed by atoms with Crippen LogP contribution in [-0.2, 0) is 9.59 Å². The van der Waals surface area contributed by atoms with E-state index in [1.54, 1.807) is 36.0 Å². The maximum absolute atomic E-state index is 13.2. The zero-order valence-electron chi connectivity index (χ0n) is 13.0. The minimum absolute atomic E-state index is 0.0249. The molecule has 2 aliphatic rings. The van der Waals surface area contributed by atoms with Crippen LogP contribution in [0, 0.1) is 11.7 Å². The molecule has 0 bridgehead atoms. The Bertz CT molecular complexity index is 598. The Morgan fingerprint density at radius 3 is 2.68 bits per heavy atom. The van der Waals surface area contributed by atoms with Gasteiger partial charge >= 0.3 is 0 Å². The molecule has 2 fully saturated rings. The molecule has 1 atom stereocenters. The fourth-order valence-electron chi connectivity index (χ4n) is 3.46. The lowest BCUT2D eigenvalue weighted by Crippen LogP contribution is -2.47. The average molecular weight is 304 g/mol. The van der Waals surface area contributed by atoms with E-state index in [2.05, 4.69) is 0 Å². The summed E-state index contributed by atoms with van der Waals surface area (Å²) in [4.78, 5) is 27.8. The summed E-state index contributed by atoms with van der Waals surface area (Å²) < 4.78 is 13.2. The highest BCUT2D eigenvalue weighted by Gasteiger charge is 2.41. The molecule has 0 spiro atoms. The molecule has 1 aliphatic heterocycles. The van der Waals surface area contributed by atoms with E-state index in [0.29, 0.717) is 13.0 Å². The minimum Gasteiger partial charge on any atom is -0.344 e. The average Bonchev–Trinajstić information content (AvgIpc) is 2.76. The van der Waals surface area contributed by atoms with Crippen LogP contribution < -0.4 is 0 Å². The Balaban J connectivity index is 1.58. The molecule has 1 aromatic carbocycles. The first-order valence-corrected chi connectivity index (χ1v) is 7.74. The van der Waals surface area contributed by atoms with Crippen molar-refractivity contribution in [3.05, 3.63) is 35.6 Å². The summed E-state index contributed by atoms with van der Waals surface area (Å²) in [7, 11) is 3.49. The Kier molecular flexibility index (Phi) is 3.89. The molecular formula is C17H21FN2O2. The SMILES string of the molecule is CN1CCC(N(C)C(=O)C2CC(c3cccc(F)c3)C2)C1=O. The maximum atomic E-state index is 13.2. The molecule has 1 unspecified atom stereocenters. The molecule has 2 amide bonds. The molecule has 0 aromatic heterocycles. The van der Waals surface area contributed by atoms with Gasteiger partial charge in [-0.15, -0.1) is 0 Å². The van der Waals surface area contributed by atoms with E-state index in [9.17, 15) is 14.0 Å². The van der Waals surface area contributed by atoms with Crippen LogP contribution in [-0.4, -0.2) is 48.3 Å². The van der Waals surface area contributed by atoms with E-state index in [1.807, 2.05) is 6.07 Å². The van der Waals surface area contributed by atoms with Crippen molar-refractivity contribution in [2.24, 2.45) is 5.92 Å². The Morgan fingerprint density at radius 2 is 2.09 bits per heavy atom. The summed E-state index contributed by atoms with van der Waals surface area (Å²) in [6.45, 7) is 0.706. The fraction of sp³-hybridized carbons (Fsp3) is 0.529. The van der Waals surface area contributed by atoms with E-state index in [0.717, 1.165) is 18.4 Å². The molecule has 118 valence electrons. The predicted molar refractivity (Wildman–Crippen MR) is 80.7 cm³/mol. The summed E-state index contributed by atoms with van der Waals surface area (Å²) in [6.07, 6.45) is 2.18. The first kappa shape index (κ1) is 15.0. The van der Waals surface area contributed by atoms with Gasteiger partial charge in [-0.3, -0.25) is 9.59 Å². The molecule has 1 saturated heterocycles. The molecule has 22 heavy (non-hydrogen) atoms. The number of likely N-dealkylation sites (N-methyl/N-ethyl adjacent to an activating group) is 2. The number of nitrogens with zero attached hydrogens (tertiary/aromatic N) is 2. The third kappa shape index (κ3) is 2.60. The van der Waals surface area contributed by atoms with Crippen molar-refractivity contribution in [1.82, 2.24) is 9.80 Å². The highest BCUT2D eigenvalue weighted by Crippen LogP contribution is 2.42. The van der Waals surface area contributed by atoms with Gasteiger partial charge in [-0.25, -0.2) is 4.39 Å². The topological polar surface area (TPSA) is 40.6 Å². The quantitative estimate of drug-likeness (QED) is 0.857. The number of carbonyl (C=O) groups excluding carboxylic acids is 2. The summed E-state index contributed by atoms with van der Waals surface area (Å²) in [5.74, 6) is 0.0408. The van der Waals surface area contributed by atoms with Crippen LogP contribution in [0.3, 0.4) is 0 Å². The second kappa shape index (κ2) is 5.71. The van der Waals surface area contributed by atoms with Crippen LogP contribution in [0.5, 0.6) is 0 Å². The smallest absolute Gasteiger partial charge is 0.245 e. The number of halogens is 1. The van der Waals surface area contributed by atoms with E-state index >= 15 is 0 Å². The highest BCUT2D eigenvalue weighted by atomic mass is 19.1. The van der Waals surface area contributed by atoms with Crippen molar-refractivity contribution >= 4 is 11.8 Å². The van der Waals surface area contributed by atoms with Gasteiger partial charge in [0, 0.05) is 26.6 Å². The second-order valence-corrected chi connectivity index (χ2v) is 6.43.